The third kappa shape index (κ3) is 6.19. The molecule has 0 N–H and O–H groups in total. The van der Waals surface area contributed by atoms with Crippen molar-refractivity contribution in [1.82, 2.24) is 14.7 Å². The Morgan fingerprint density at radius 1 is 1.00 bits per heavy atom. The zero-order chi connectivity index (χ0) is 23.2. The fraction of sp³-hybridized carbons (Fsp3) is 0.280. The molecule has 2 amide bonds. The van der Waals surface area contributed by atoms with E-state index in [4.69, 9.17) is 11.6 Å². The summed E-state index contributed by atoms with van der Waals surface area (Å²) < 4.78 is 13.3. The third-order valence-electron chi connectivity index (χ3n) is 5.72. The van der Waals surface area contributed by atoms with Crippen LogP contribution in [0.1, 0.15) is 25.6 Å². The van der Waals surface area contributed by atoms with E-state index in [1.807, 2.05) is 22.4 Å². The lowest BCUT2D eigenvalue weighted by atomic mass is 10.1. The van der Waals surface area contributed by atoms with Crippen LogP contribution in [-0.2, 0) is 6.54 Å². The molecule has 2 aromatic carbocycles. The number of amides is 2. The number of benzene rings is 2. The summed E-state index contributed by atoms with van der Waals surface area (Å²) in [5.41, 5.74) is 1.38. The second-order valence-corrected chi connectivity index (χ2v) is 9.36. The summed E-state index contributed by atoms with van der Waals surface area (Å²) in [6, 6.07) is 16.9. The van der Waals surface area contributed by atoms with Crippen LogP contribution in [0.25, 0.3) is 0 Å². The summed E-state index contributed by atoms with van der Waals surface area (Å²) in [4.78, 5) is 32.5. The van der Waals surface area contributed by atoms with Crippen molar-refractivity contribution in [3.8, 4) is 0 Å². The van der Waals surface area contributed by atoms with Gasteiger partial charge in [0.25, 0.3) is 11.8 Å². The molecule has 1 saturated heterocycles. The van der Waals surface area contributed by atoms with Gasteiger partial charge in [-0.05, 0) is 47.3 Å². The van der Waals surface area contributed by atoms with Crippen LogP contribution < -0.4 is 0 Å². The summed E-state index contributed by atoms with van der Waals surface area (Å²) in [5, 5.41) is 2.42. The van der Waals surface area contributed by atoms with E-state index in [2.05, 4.69) is 4.90 Å². The second kappa shape index (κ2) is 10.9. The van der Waals surface area contributed by atoms with E-state index in [9.17, 15) is 14.0 Å². The molecule has 1 aliphatic heterocycles. The van der Waals surface area contributed by atoms with Crippen molar-refractivity contribution in [1.29, 1.82) is 0 Å². The van der Waals surface area contributed by atoms with Crippen LogP contribution in [0.2, 0.25) is 5.02 Å². The molecule has 1 fully saturated rings. The van der Waals surface area contributed by atoms with Gasteiger partial charge in [0.1, 0.15) is 5.82 Å². The fourth-order valence-corrected chi connectivity index (χ4v) is 4.74. The number of carbonyl (C=O) groups excluding carboxylic acids is 2. The van der Waals surface area contributed by atoms with Crippen LogP contribution in [0, 0.1) is 5.82 Å². The topological polar surface area (TPSA) is 43.9 Å². The number of carbonyl (C=O) groups is 2. The Kier molecular flexibility index (Phi) is 7.75. The number of rotatable bonds is 7. The van der Waals surface area contributed by atoms with E-state index in [-0.39, 0.29) is 17.6 Å². The lowest BCUT2D eigenvalue weighted by Crippen LogP contribution is -2.50. The van der Waals surface area contributed by atoms with Gasteiger partial charge in [-0.3, -0.25) is 14.5 Å². The predicted octanol–water partition coefficient (Wildman–Crippen LogP) is 4.64. The number of halogens is 2. The largest absolute Gasteiger partial charge is 0.335 e. The highest BCUT2D eigenvalue weighted by molar-refractivity contribution is 7.12. The Bertz CT molecular complexity index is 1080. The van der Waals surface area contributed by atoms with Gasteiger partial charge in [-0.15, -0.1) is 11.3 Å². The maximum atomic E-state index is 13.3. The maximum absolute atomic E-state index is 13.3. The van der Waals surface area contributed by atoms with Crippen LogP contribution in [0.15, 0.2) is 66.0 Å². The van der Waals surface area contributed by atoms with Gasteiger partial charge < -0.3 is 9.80 Å². The van der Waals surface area contributed by atoms with Crippen LogP contribution in [0.5, 0.6) is 0 Å². The van der Waals surface area contributed by atoms with E-state index in [0.29, 0.717) is 43.3 Å². The lowest BCUT2D eigenvalue weighted by molar-refractivity contribution is 0.0602. The quantitative estimate of drug-likeness (QED) is 0.489. The Morgan fingerprint density at radius 2 is 1.76 bits per heavy atom. The highest BCUT2D eigenvalue weighted by Gasteiger charge is 2.24. The Labute approximate surface area is 202 Å². The van der Waals surface area contributed by atoms with Gasteiger partial charge in [-0.2, -0.15) is 0 Å². The number of piperazine rings is 1. The first-order valence-corrected chi connectivity index (χ1v) is 12.1. The third-order valence-corrected chi connectivity index (χ3v) is 6.82. The zero-order valence-corrected chi connectivity index (χ0v) is 19.7. The number of nitrogens with zero attached hydrogens (tertiary/aromatic N) is 3. The van der Waals surface area contributed by atoms with E-state index in [1.54, 1.807) is 41.3 Å². The highest BCUT2D eigenvalue weighted by Crippen LogP contribution is 2.17. The maximum Gasteiger partial charge on any atom is 0.264 e. The van der Waals surface area contributed by atoms with Crippen molar-refractivity contribution >= 4 is 34.8 Å². The smallest absolute Gasteiger partial charge is 0.264 e. The summed E-state index contributed by atoms with van der Waals surface area (Å²) in [5.74, 6) is -0.339. The Hall–Kier alpha value is -2.74. The molecule has 3 aromatic rings. The fourth-order valence-electron chi connectivity index (χ4n) is 3.86. The molecule has 8 heteroatoms. The Morgan fingerprint density at radius 3 is 2.42 bits per heavy atom. The molecule has 33 heavy (non-hydrogen) atoms. The SMILES string of the molecule is O=C(c1cccc(Cl)c1)N(CCN1CCN(C(=O)c2cccs2)CC1)Cc1ccc(F)cc1. The van der Waals surface area contributed by atoms with Gasteiger partial charge in [0, 0.05) is 56.4 Å². The van der Waals surface area contributed by atoms with Gasteiger partial charge in [0.05, 0.1) is 4.88 Å². The van der Waals surface area contributed by atoms with Gasteiger partial charge >= 0.3 is 0 Å². The molecular weight excluding hydrogens is 461 g/mol. The molecule has 0 bridgehead atoms. The highest BCUT2D eigenvalue weighted by atomic mass is 35.5. The molecule has 0 radical (unpaired) electrons. The van der Waals surface area contributed by atoms with Gasteiger partial charge in [0.2, 0.25) is 0 Å². The van der Waals surface area contributed by atoms with Crippen LogP contribution >= 0.6 is 22.9 Å². The number of hydrogen-bond donors (Lipinski definition) is 0. The molecule has 0 spiro atoms. The average molecular weight is 486 g/mol. The molecule has 5 nitrogen and oxygen atoms in total. The normalized spacial score (nSPS) is 14.3. The van der Waals surface area contributed by atoms with Gasteiger partial charge in [-0.1, -0.05) is 35.9 Å². The van der Waals surface area contributed by atoms with Gasteiger partial charge in [-0.25, -0.2) is 4.39 Å². The molecule has 1 aromatic heterocycles. The summed E-state index contributed by atoms with van der Waals surface area (Å²) >= 11 is 7.56. The zero-order valence-electron chi connectivity index (χ0n) is 18.1. The molecule has 2 heterocycles. The summed E-state index contributed by atoms with van der Waals surface area (Å²) in [6.45, 7) is 4.42. The first-order valence-electron chi connectivity index (χ1n) is 10.8. The molecule has 0 unspecified atom stereocenters. The first kappa shape index (κ1) is 23.4. The average Bonchev–Trinajstić information content (AvgIpc) is 3.37. The van der Waals surface area contributed by atoms with Crippen molar-refractivity contribution in [2.45, 2.75) is 6.54 Å². The molecule has 0 atom stereocenters. The second-order valence-electron chi connectivity index (χ2n) is 7.97. The van der Waals surface area contributed by atoms with E-state index < -0.39 is 0 Å². The molecule has 0 aliphatic carbocycles. The van der Waals surface area contributed by atoms with Crippen LogP contribution in [0.4, 0.5) is 4.39 Å². The predicted molar refractivity (Wildman–Crippen MR) is 129 cm³/mol. The van der Waals surface area contributed by atoms with Crippen molar-refractivity contribution in [3.05, 3.63) is 92.9 Å². The Balaban J connectivity index is 1.38. The van der Waals surface area contributed by atoms with E-state index in [0.717, 1.165) is 23.5 Å². The minimum Gasteiger partial charge on any atom is -0.335 e. The van der Waals surface area contributed by atoms with E-state index >= 15 is 0 Å². The van der Waals surface area contributed by atoms with Crippen molar-refractivity contribution in [2.75, 3.05) is 39.3 Å². The summed E-state index contributed by atoms with van der Waals surface area (Å²) in [7, 11) is 0. The van der Waals surface area contributed by atoms with Crippen LogP contribution in [-0.4, -0.2) is 65.8 Å². The molecule has 172 valence electrons. The lowest BCUT2D eigenvalue weighted by Gasteiger charge is -2.35. The minimum atomic E-state index is -0.304. The van der Waals surface area contributed by atoms with Gasteiger partial charge in [0.15, 0.2) is 0 Å². The monoisotopic (exact) mass is 485 g/mol. The van der Waals surface area contributed by atoms with Crippen LogP contribution in [0.3, 0.4) is 0 Å². The molecular formula is C25H25ClFN3O2S. The molecule has 0 saturated carbocycles. The number of thiophene rings is 1. The van der Waals surface area contributed by atoms with Crippen molar-refractivity contribution < 1.29 is 14.0 Å². The molecule has 4 rings (SSSR count). The summed E-state index contributed by atoms with van der Waals surface area (Å²) in [6.07, 6.45) is 0. The number of hydrogen-bond acceptors (Lipinski definition) is 4. The minimum absolute atomic E-state index is 0.0821. The molecule has 1 aliphatic rings. The van der Waals surface area contributed by atoms with Crippen molar-refractivity contribution in [3.63, 3.8) is 0 Å². The van der Waals surface area contributed by atoms with E-state index in [1.165, 1.54) is 23.5 Å². The first-order chi connectivity index (χ1) is 16.0. The standard InChI is InChI=1S/C25H25ClFN3O2S/c26-21-4-1-3-20(17-21)24(31)30(18-19-6-8-22(27)9-7-19)15-12-28-10-13-29(14-11-28)25(32)23-5-2-16-33-23/h1-9,16-17H,10-15,18H2. The van der Waals surface area contributed by atoms with Crippen molar-refractivity contribution in [2.24, 2.45) is 0 Å².